The number of halogens is 2. The molecule has 2 aromatic carbocycles. The highest BCUT2D eigenvalue weighted by molar-refractivity contribution is 6.35. The molecule has 0 bridgehead atoms. The molecule has 150 valence electrons. The number of nitrogens with one attached hydrogen (secondary N) is 1. The Bertz CT molecular complexity index is 1030. The average Bonchev–Trinajstić information content (AvgIpc) is 3.07. The van der Waals surface area contributed by atoms with Gasteiger partial charge in [0.2, 0.25) is 0 Å². The summed E-state index contributed by atoms with van der Waals surface area (Å²) < 4.78 is 12.6. The number of nitrogens with zero attached hydrogens (tertiary/aromatic N) is 2. The standard InChI is InChI=1S/C21H19Cl2N3O3/c1-14-3-5-17(26(14)16-6-8-18(28-2)9-7-16)12-24-25-21(27)13-29-20-10-4-15(22)11-19(20)23/h3-12H,13H2,1-2H3,(H,25,27)/b24-12-. The molecular weight excluding hydrogens is 413 g/mol. The van der Waals surface area contributed by atoms with E-state index in [0.29, 0.717) is 15.8 Å². The van der Waals surface area contributed by atoms with E-state index < -0.39 is 5.91 Å². The Hall–Kier alpha value is -2.96. The summed E-state index contributed by atoms with van der Waals surface area (Å²) in [5.74, 6) is 0.743. The third-order valence-electron chi connectivity index (χ3n) is 4.08. The summed E-state index contributed by atoms with van der Waals surface area (Å²) in [7, 11) is 1.63. The third-order valence-corrected chi connectivity index (χ3v) is 4.61. The van der Waals surface area contributed by atoms with E-state index in [1.54, 1.807) is 31.5 Å². The first-order valence-corrected chi connectivity index (χ1v) is 9.46. The number of rotatable bonds is 7. The molecule has 0 saturated carbocycles. The number of benzene rings is 2. The van der Waals surface area contributed by atoms with Gasteiger partial charge in [0.25, 0.3) is 5.91 Å². The summed E-state index contributed by atoms with van der Waals surface area (Å²) in [6, 6.07) is 16.3. The number of amides is 1. The lowest BCUT2D eigenvalue weighted by Crippen LogP contribution is -2.24. The van der Waals surface area contributed by atoms with Crippen LogP contribution in [0.15, 0.2) is 59.7 Å². The first-order valence-electron chi connectivity index (χ1n) is 8.70. The normalized spacial score (nSPS) is 10.9. The van der Waals surface area contributed by atoms with Crippen molar-refractivity contribution in [2.45, 2.75) is 6.92 Å². The quantitative estimate of drug-likeness (QED) is 0.438. The summed E-state index contributed by atoms with van der Waals surface area (Å²) in [5.41, 5.74) is 5.25. The minimum absolute atomic E-state index is 0.225. The second-order valence-electron chi connectivity index (χ2n) is 6.09. The van der Waals surface area contributed by atoms with Crippen LogP contribution in [0.3, 0.4) is 0 Å². The lowest BCUT2D eigenvalue weighted by Gasteiger charge is -2.10. The largest absolute Gasteiger partial charge is 0.497 e. The van der Waals surface area contributed by atoms with Crippen molar-refractivity contribution in [1.82, 2.24) is 9.99 Å². The molecule has 0 aliphatic heterocycles. The summed E-state index contributed by atoms with van der Waals surface area (Å²) in [4.78, 5) is 12.0. The van der Waals surface area contributed by atoms with E-state index in [4.69, 9.17) is 32.7 Å². The maximum atomic E-state index is 12.0. The molecule has 1 amide bonds. The molecule has 3 aromatic rings. The van der Waals surface area contributed by atoms with E-state index in [-0.39, 0.29) is 6.61 Å². The van der Waals surface area contributed by atoms with E-state index in [2.05, 4.69) is 10.5 Å². The number of hydrogen-bond donors (Lipinski definition) is 1. The Labute approximate surface area is 178 Å². The molecule has 1 aromatic heterocycles. The van der Waals surface area contributed by atoms with E-state index in [0.717, 1.165) is 22.8 Å². The van der Waals surface area contributed by atoms with Gasteiger partial charge in [0, 0.05) is 16.4 Å². The van der Waals surface area contributed by atoms with Crippen LogP contribution in [0.25, 0.3) is 5.69 Å². The van der Waals surface area contributed by atoms with Gasteiger partial charge in [-0.3, -0.25) is 4.79 Å². The minimum Gasteiger partial charge on any atom is -0.497 e. The maximum Gasteiger partial charge on any atom is 0.277 e. The van der Waals surface area contributed by atoms with Gasteiger partial charge in [0.15, 0.2) is 6.61 Å². The second-order valence-corrected chi connectivity index (χ2v) is 6.93. The summed E-state index contributed by atoms with van der Waals surface area (Å²) in [5, 5.41) is 4.85. The fraction of sp³-hybridized carbons (Fsp3) is 0.143. The predicted molar refractivity (Wildman–Crippen MR) is 115 cm³/mol. The Morgan fingerprint density at radius 2 is 1.90 bits per heavy atom. The van der Waals surface area contributed by atoms with Crippen molar-refractivity contribution < 1.29 is 14.3 Å². The topological polar surface area (TPSA) is 64.8 Å². The molecule has 29 heavy (non-hydrogen) atoms. The summed E-state index contributed by atoms with van der Waals surface area (Å²) >= 11 is 11.8. The third kappa shape index (κ3) is 5.31. The molecule has 0 radical (unpaired) electrons. The van der Waals surface area contributed by atoms with Crippen molar-refractivity contribution in [3.63, 3.8) is 0 Å². The van der Waals surface area contributed by atoms with Gasteiger partial charge in [-0.05, 0) is 61.5 Å². The molecule has 3 rings (SSSR count). The van der Waals surface area contributed by atoms with E-state index in [9.17, 15) is 4.79 Å². The van der Waals surface area contributed by atoms with Gasteiger partial charge < -0.3 is 14.0 Å². The van der Waals surface area contributed by atoms with Crippen LogP contribution in [0, 0.1) is 6.92 Å². The number of ether oxygens (including phenoxy) is 2. The Kier molecular flexibility index (Phi) is 6.80. The molecule has 6 nitrogen and oxygen atoms in total. The molecule has 0 atom stereocenters. The number of methoxy groups -OCH3 is 1. The van der Waals surface area contributed by atoms with Crippen molar-refractivity contribution in [2.75, 3.05) is 13.7 Å². The van der Waals surface area contributed by atoms with Crippen LogP contribution in [0.1, 0.15) is 11.4 Å². The summed E-state index contributed by atoms with van der Waals surface area (Å²) in [6.45, 7) is 1.76. The van der Waals surface area contributed by atoms with Crippen molar-refractivity contribution in [3.05, 3.63) is 76.0 Å². The van der Waals surface area contributed by atoms with E-state index in [1.807, 2.05) is 47.9 Å². The highest BCUT2D eigenvalue weighted by Crippen LogP contribution is 2.27. The van der Waals surface area contributed by atoms with E-state index >= 15 is 0 Å². The zero-order valence-corrected chi connectivity index (χ0v) is 17.4. The van der Waals surface area contributed by atoms with Crippen LogP contribution in [-0.2, 0) is 4.79 Å². The van der Waals surface area contributed by atoms with E-state index in [1.165, 1.54) is 0 Å². The lowest BCUT2D eigenvalue weighted by atomic mass is 10.3. The molecular formula is C21H19Cl2N3O3. The zero-order chi connectivity index (χ0) is 20.8. The van der Waals surface area contributed by atoms with Crippen molar-refractivity contribution >= 4 is 35.3 Å². The molecule has 0 fully saturated rings. The van der Waals surface area contributed by atoms with Crippen molar-refractivity contribution in [1.29, 1.82) is 0 Å². The van der Waals surface area contributed by atoms with Crippen molar-refractivity contribution in [3.8, 4) is 17.2 Å². The van der Waals surface area contributed by atoms with Crippen LogP contribution in [-0.4, -0.2) is 30.4 Å². The van der Waals surface area contributed by atoms with Gasteiger partial charge in [-0.1, -0.05) is 23.2 Å². The maximum absolute atomic E-state index is 12.0. The van der Waals surface area contributed by atoms with Crippen LogP contribution < -0.4 is 14.9 Å². The first kappa shape index (κ1) is 20.8. The molecule has 8 heteroatoms. The fourth-order valence-electron chi connectivity index (χ4n) is 2.68. The van der Waals surface area contributed by atoms with Gasteiger partial charge in [-0.15, -0.1) is 0 Å². The second kappa shape index (κ2) is 9.49. The fourth-order valence-corrected chi connectivity index (χ4v) is 3.14. The van der Waals surface area contributed by atoms with Gasteiger partial charge in [0.1, 0.15) is 11.5 Å². The molecule has 1 heterocycles. The van der Waals surface area contributed by atoms with Gasteiger partial charge in [-0.25, -0.2) is 5.43 Å². The predicted octanol–water partition coefficient (Wildman–Crippen LogP) is 4.63. The minimum atomic E-state index is -0.411. The smallest absolute Gasteiger partial charge is 0.277 e. The van der Waals surface area contributed by atoms with Crippen LogP contribution >= 0.6 is 23.2 Å². The zero-order valence-electron chi connectivity index (χ0n) is 15.9. The first-order chi connectivity index (χ1) is 14.0. The number of hydrazone groups is 1. The number of carbonyl (C=O) groups is 1. The van der Waals surface area contributed by atoms with Gasteiger partial charge in [0.05, 0.1) is 24.0 Å². The van der Waals surface area contributed by atoms with Crippen LogP contribution in [0.5, 0.6) is 11.5 Å². The SMILES string of the molecule is COc1ccc(-n2c(C)ccc2/C=N\NC(=O)COc2ccc(Cl)cc2Cl)cc1. The Balaban J connectivity index is 1.62. The van der Waals surface area contributed by atoms with Gasteiger partial charge in [-0.2, -0.15) is 5.10 Å². The summed E-state index contributed by atoms with van der Waals surface area (Å²) in [6.07, 6.45) is 1.57. The number of carbonyl (C=O) groups excluding carboxylic acids is 1. The number of hydrogen-bond acceptors (Lipinski definition) is 4. The lowest BCUT2D eigenvalue weighted by molar-refractivity contribution is -0.123. The Morgan fingerprint density at radius 3 is 2.59 bits per heavy atom. The number of aromatic nitrogens is 1. The highest BCUT2D eigenvalue weighted by Gasteiger charge is 2.08. The van der Waals surface area contributed by atoms with Crippen molar-refractivity contribution in [2.24, 2.45) is 5.10 Å². The molecule has 0 unspecified atom stereocenters. The Morgan fingerprint density at radius 1 is 1.14 bits per heavy atom. The monoisotopic (exact) mass is 431 g/mol. The number of aryl methyl sites for hydroxylation is 1. The van der Waals surface area contributed by atoms with Crippen LogP contribution in [0.2, 0.25) is 10.0 Å². The molecule has 0 spiro atoms. The molecule has 1 N–H and O–H groups in total. The van der Waals surface area contributed by atoms with Gasteiger partial charge >= 0.3 is 0 Å². The van der Waals surface area contributed by atoms with Crippen LogP contribution in [0.4, 0.5) is 0 Å². The average molecular weight is 432 g/mol. The highest BCUT2D eigenvalue weighted by atomic mass is 35.5. The molecule has 0 saturated heterocycles. The molecule has 0 aliphatic carbocycles. The molecule has 0 aliphatic rings.